The van der Waals surface area contributed by atoms with E-state index in [1.54, 1.807) is 6.92 Å². The van der Waals surface area contributed by atoms with Crippen LogP contribution >= 0.6 is 12.2 Å². The van der Waals surface area contributed by atoms with Crippen molar-refractivity contribution in [3.05, 3.63) is 28.3 Å². The fourth-order valence-corrected chi connectivity index (χ4v) is 1.99. The topological polar surface area (TPSA) is 80.9 Å². The Morgan fingerprint density at radius 3 is 2.95 bits per heavy atom. The van der Waals surface area contributed by atoms with Crippen molar-refractivity contribution in [2.45, 2.75) is 19.4 Å². The Balaban J connectivity index is 2.28. The van der Waals surface area contributed by atoms with Crippen LogP contribution in [0.5, 0.6) is 0 Å². The number of carbonyl (C=O) groups is 1. The monoisotopic (exact) mass is 283 g/mol. The summed E-state index contributed by atoms with van der Waals surface area (Å²) in [7, 11) is 0. The molecular weight excluding hydrogens is 269 g/mol. The Hall–Kier alpha value is -1.73. The van der Waals surface area contributed by atoms with Crippen molar-refractivity contribution in [2.75, 3.05) is 6.54 Å². The zero-order valence-corrected chi connectivity index (χ0v) is 11.1. The van der Waals surface area contributed by atoms with Gasteiger partial charge in [0.15, 0.2) is 4.77 Å². The Morgan fingerprint density at radius 2 is 2.26 bits per heavy atom. The number of carbonyl (C=O) groups excluding carboxylic acids is 1. The lowest BCUT2D eigenvalue weighted by Crippen LogP contribution is -2.26. The molecule has 0 saturated heterocycles. The molecule has 4 N–H and O–H groups in total. The molecule has 2 rings (SSSR count). The number of aromatic amines is 2. The van der Waals surface area contributed by atoms with Crippen LogP contribution in [0, 0.1) is 10.6 Å². The highest BCUT2D eigenvalue weighted by Gasteiger charge is 2.13. The van der Waals surface area contributed by atoms with Gasteiger partial charge in [0.1, 0.15) is 5.82 Å². The quantitative estimate of drug-likeness (QED) is 0.647. The molecule has 0 aliphatic heterocycles. The molecule has 102 valence electrons. The van der Waals surface area contributed by atoms with E-state index < -0.39 is 17.8 Å². The molecule has 5 nitrogen and oxygen atoms in total. The van der Waals surface area contributed by atoms with Gasteiger partial charge in [-0.05, 0) is 37.7 Å². The number of rotatable bonds is 4. The highest BCUT2D eigenvalue weighted by atomic mass is 32.1. The minimum absolute atomic E-state index is 0.188. The Bertz CT molecular complexity index is 663. The molecular formula is C12H14FN3O2S. The molecule has 1 heterocycles. The van der Waals surface area contributed by atoms with Crippen molar-refractivity contribution >= 4 is 29.2 Å². The van der Waals surface area contributed by atoms with E-state index in [0.717, 1.165) is 6.07 Å². The molecule has 0 spiro atoms. The number of imidazole rings is 1. The van der Waals surface area contributed by atoms with Crippen LogP contribution in [0.3, 0.4) is 0 Å². The summed E-state index contributed by atoms with van der Waals surface area (Å²) in [5, 5.41) is 11.7. The molecule has 0 radical (unpaired) electrons. The minimum atomic E-state index is -0.515. The maximum Gasteiger partial charge on any atom is 0.253 e. The minimum Gasteiger partial charge on any atom is -0.393 e. The molecule has 7 heteroatoms. The molecule has 19 heavy (non-hydrogen) atoms. The number of fused-ring (bicyclic) bond motifs is 1. The third kappa shape index (κ3) is 3.18. The lowest BCUT2D eigenvalue weighted by molar-refractivity contribution is 0.0946. The maximum absolute atomic E-state index is 13.4. The summed E-state index contributed by atoms with van der Waals surface area (Å²) < 4.78 is 13.8. The van der Waals surface area contributed by atoms with E-state index in [1.807, 2.05) is 0 Å². The van der Waals surface area contributed by atoms with Crippen LogP contribution in [0.4, 0.5) is 4.39 Å². The molecule has 0 aliphatic rings. The number of amides is 1. The number of aliphatic hydroxyl groups is 1. The van der Waals surface area contributed by atoms with Crippen LogP contribution in [0.25, 0.3) is 11.0 Å². The normalized spacial score (nSPS) is 12.6. The van der Waals surface area contributed by atoms with Gasteiger partial charge >= 0.3 is 0 Å². The first-order chi connectivity index (χ1) is 8.97. The van der Waals surface area contributed by atoms with Crippen molar-refractivity contribution in [2.24, 2.45) is 0 Å². The van der Waals surface area contributed by atoms with E-state index in [4.69, 9.17) is 17.3 Å². The zero-order chi connectivity index (χ0) is 14.0. The van der Waals surface area contributed by atoms with Gasteiger partial charge in [-0.15, -0.1) is 0 Å². The van der Waals surface area contributed by atoms with Crippen molar-refractivity contribution in [3.8, 4) is 0 Å². The average Bonchev–Trinajstić information content (AvgIpc) is 2.67. The van der Waals surface area contributed by atoms with Gasteiger partial charge in [-0.25, -0.2) is 4.39 Å². The zero-order valence-electron chi connectivity index (χ0n) is 10.3. The fraction of sp³-hybridized carbons (Fsp3) is 0.333. The second-order valence-electron chi connectivity index (χ2n) is 4.35. The lowest BCUT2D eigenvalue weighted by Gasteiger charge is -2.07. The number of aromatic nitrogens is 2. The number of hydrogen-bond acceptors (Lipinski definition) is 3. The molecule has 1 unspecified atom stereocenters. The van der Waals surface area contributed by atoms with Crippen molar-refractivity contribution in [1.82, 2.24) is 15.3 Å². The summed E-state index contributed by atoms with van der Waals surface area (Å²) in [6, 6.07) is 2.42. The molecule has 1 aromatic carbocycles. The molecule has 1 atom stereocenters. The van der Waals surface area contributed by atoms with Gasteiger partial charge in [0.05, 0.1) is 22.7 Å². The first-order valence-electron chi connectivity index (χ1n) is 5.85. The predicted molar refractivity (Wildman–Crippen MR) is 72.1 cm³/mol. The first-order valence-corrected chi connectivity index (χ1v) is 6.26. The van der Waals surface area contributed by atoms with Gasteiger partial charge in [-0.2, -0.15) is 0 Å². The average molecular weight is 283 g/mol. The summed E-state index contributed by atoms with van der Waals surface area (Å²) in [6.45, 7) is 1.95. The van der Waals surface area contributed by atoms with Crippen LogP contribution in [0.2, 0.25) is 0 Å². The Kier molecular flexibility index (Phi) is 3.96. The molecule has 0 saturated carbocycles. The summed E-state index contributed by atoms with van der Waals surface area (Å²) in [5.74, 6) is -0.922. The third-order valence-electron chi connectivity index (χ3n) is 2.68. The van der Waals surface area contributed by atoms with Crippen LogP contribution in [-0.2, 0) is 0 Å². The summed E-state index contributed by atoms with van der Waals surface area (Å²) in [5.41, 5.74) is 1.11. The predicted octanol–water partition coefficient (Wildman–Crippen LogP) is 1.87. The van der Waals surface area contributed by atoms with E-state index in [2.05, 4.69) is 15.3 Å². The van der Waals surface area contributed by atoms with E-state index in [9.17, 15) is 9.18 Å². The molecule has 0 aliphatic carbocycles. The number of H-pyrrole nitrogens is 2. The second-order valence-corrected chi connectivity index (χ2v) is 4.76. The highest BCUT2D eigenvalue weighted by Crippen LogP contribution is 2.17. The van der Waals surface area contributed by atoms with Gasteiger partial charge in [0.2, 0.25) is 0 Å². The van der Waals surface area contributed by atoms with Gasteiger partial charge in [-0.1, -0.05) is 0 Å². The SMILES string of the molecule is CC(O)CCNC(=O)c1cc(F)cc2[nH]c(=S)[nH]c12. The number of hydrogen-bond donors (Lipinski definition) is 4. The number of nitrogens with one attached hydrogen (secondary N) is 3. The van der Waals surface area contributed by atoms with E-state index in [1.165, 1.54) is 6.07 Å². The smallest absolute Gasteiger partial charge is 0.253 e. The Labute approximate surface area is 113 Å². The highest BCUT2D eigenvalue weighted by molar-refractivity contribution is 7.71. The van der Waals surface area contributed by atoms with Gasteiger partial charge in [0, 0.05) is 6.54 Å². The molecule has 1 amide bonds. The fourth-order valence-electron chi connectivity index (χ4n) is 1.78. The number of benzene rings is 1. The standard InChI is InChI=1S/C12H14FN3O2S/c1-6(17)2-3-14-11(18)8-4-7(13)5-9-10(8)16-12(19)15-9/h4-6,17H,2-3H2,1H3,(H,14,18)(H2,15,16,19). The van der Waals surface area contributed by atoms with E-state index >= 15 is 0 Å². The van der Waals surface area contributed by atoms with Crippen molar-refractivity contribution < 1.29 is 14.3 Å². The number of halogens is 1. The van der Waals surface area contributed by atoms with Crippen molar-refractivity contribution in [3.63, 3.8) is 0 Å². The first kappa shape index (κ1) is 13.7. The summed E-state index contributed by atoms with van der Waals surface area (Å²) in [6.07, 6.45) is -0.0567. The third-order valence-corrected chi connectivity index (χ3v) is 2.89. The van der Waals surface area contributed by atoms with Gasteiger partial charge in [-0.3, -0.25) is 4.79 Å². The second kappa shape index (κ2) is 5.50. The van der Waals surface area contributed by atoms with Crippen LogP contribution in [0.1, 0.15) is 23.7 Å². The van der Waals surface area contributed by atoms with E-state index in [-0.39, 0.29) is 5.56 Å². The molecule has 0 bridgehead atoms. The maximum atomic E-state index is 13.4. The van der Waals surface area contributed by atoms with Crippen LogP contribution < -0.4 is 5.32 Å². The summed E-state index contributed by atoms with van der Waals surface area (Å²) in [4.78, 5) is 17.6. The lowest BCUT2D eigenvalue weighted by atomic mass is 10.1. The molecule has 0 fully saturated rings. The van der Waals surface area contributed by atoms with Crippen LogP contribution in [0.15, 0.2) is 12.1 Å². The largest absolute Gasteiger partial charge is 0.393 e. The molecule has 2 aromatic rings. The van der Waals surface area contributed by atoms with Crippen molar-refractivity contribution in [1.29, 1.82) is 0 Å². The Morgan fingerprint density at radius 1 is 1.53 bits per heavy atom. The van der Waals surface area contributed by atoms with Gasteiger partial charge < -0.3 is 20.4 Å². The summed E-state index contributed by atoms with van der Waals surface area (Å²) >= 11 is 4.93. The van der Waals surface area contributed by atoms with Crippen LogP contribution in [-0.4, -0.2) is 33.6 Å². The van der Waals surface area contributed by atoms with E-state index in [0.29, 0.717) is 28.8 Å². The van der Waals surface area contributed by atoms with Gasteiger partial charge in [0.25, 0.3) is 5.91 Å². The molecule has 1 aromatic heterocycles. The number of aliphatic hydroxyl groups excluding tert-OH is 1.